The van der Waals surface area contributed by atoms with Crippen LogP contribution in [0.1, 0.15) is 71.8 Å². The van der Waals surface area contributed by atoms with Gasteiger partial charge in [0.05, 0.1) is 5.41 Å². The van der Waals surface area contributed by atoms with Crippen molar-refractivity contribution in [3.05, 3.63) is 53.1 Å². The Labute approximate surface area is 194 Å². The minimum absolute atomic E-state index is 0.00482. The summed E-state index contributed by atoms with van der Waals surface area (Å²) in [4.78, 5) is 13.4. The molecule has 1 N–H and O–H groups in total. The van der Waals surface area contributed by atoms with Crippen molar-refractivity contribution in [2.24, 2.45) is 28.6 Å². The van der Waals surface area contributed by atoms with Crippen molar-refractivity contribution >= 4 is 11.7 Å². The molecule has 0 bridgehead atoms. The summed E-state index contributed by atoms with van der Waals surface area (Å²) in [5.74, 6) is 1.58. The maximum atomic E-state index is 13.4. The first-order valence-corrected chi connectivity index (χ1v) is 12.6. The van der Waals surface area contributed by atoms with Crippen LogP contribution in [-0.4, -0.2) is 19.1 Å². The number of benzene rings is 1. The molecule has 0 radical (unpaired) electrons. The average molecular weight is 436 g/mol. The fourth-order valence-electron chi connectivity index (χ4n) is 6.76. The van der Waals surface area contributed by atoms with Gasteiger partial charge in [-0.15, -0.1) is 0 Å². The zero-order chi connectivity index (χ0) is 22.9. The van der Waals surface area contributed by atoms with Crippen LogP contribution in [0.5, 0.6) is 0 Å². The van der Waals surface area contributed by atoms with Crippen molar-refractivity contribution in [3.8, 4) is 0 Å². The van der Waals surface area contributed by atoms with Crippen molar-refractivity contribution in [2.45, 2.75) is 73.1 Å². The number of nitrogens with one attached hydrogen (secondary N) is 1. The summed E-state index contributed by atoms with van der Waals surface area (Å²) >= 11 is 0. The van der Waals surface area contributed by atoms with Gasteiger partial charge in [-0.1, -0.05) is 62.6 Å². The smallest absolute Gasteiger partial charge is 0.312 e. The van der Waals surface area contributed by atoms with Gasteiger partial charge in [-0.05, 0) is 86.8 Å². The summed E-state index contributed by atoms with van der Waals surface area (Å²) < 4.78 is 5.87. The van der Waals surface area contributed by atoms with Gasteiger partial charge < -0.3 is 10.1 Å². The van der Waals surface area contributed by atoms with Crippen LogP contribution in [0, 0.1) is 35.5 Å². The molecule has 0 saturated heterocycles. The predicted octanol–water partition coefficient (Wildman–Crippen LogP) is 7.09. The van der Waals surface area contributed by atoms with Crippen molar-refractivity contribution in [1.82, 2.24) is 0 Å². The predicted molar refractivity (Wildman–Crippen MR) is 133 cm³/mol. The van der Waals surface area contributed by atoms with Gasteiger partial charge in [-0.2, -0.15) is 0 Å². The van der Waals surface area contributed by atoms with Gasteiger partial charge in [0.25, 0.3) is 0 Å². The Kier molecular flexibility index (Phi) is 6.56. The summed E-state index contributed by atoms with van der Waals surface area (Å²) in [6, 6.07) is 8.32. The maximum absolute atomic E-state index is 13.4. The number of esters is 1. The third kappa shape index (κ3) is 4.28. The average Bonchev–Trinajstić information content (AvgIpc) is 2.77. The summed E-state index contributed by atoms with van der Waals surface area (Å²) in [5.41, 5.74) is 5.25. The number of hydrogen-bond donors (Lipinski definition) is 1. The Morgan fingerprint density at radius 2 is 1.94 bits per heavy atom. The van der Waals surface area contributed by atoms with Crippen LogP contribution in [-0.2, 0) is 9.53 Å². The highest BCUT2D eigenvalue weighted by atomic mass is 16.5. The number of carbonyl (C=O) groups is 1. The Bertz CT molecular complexity index is 896. The minimum atomic E-state index is -0.388. The number of carbonyl (C=O) groups excluding carboxylic acids is 1. The highest BCUT2D eigenvalue weighted by molar-refractivity contribution is 5.77. The largest absolute Gasteiger partial charge is 0.463 e. The number of anilines is 1. The molecule has 0 aliphatic heterocycles. The number of fused-ring (bicyclic) bond motifs is 3. The first-order chi connectivity index (χ1) is 15.2. The van der Waals surface area contributed by atoms with E-state index in [-0.39, 0.29) is 16.8 Å². The van der Waals surface area contributed by atoms with Gasteiger partial charge in [0.15, 0.2) is 0 Å². The summed E-state index contributed by atoms with van der Waals surface area (Å²) in [7, 11) is 0. The molecule has 1 aromatic carbocycles. The molecule has 4 rings (SSSR count). The SMILES string of the molecule is Cc1ccc(NCCOC(=O)[C@]2(C)CCC[C@@]3(C)[C@H]2CC=C2C=C(C(C)C)CC[C@@H]23)cc1. The van der Waals surface area contributed by atoms with E-state index in [4.69, 9.17) is 4.74 Å². The zero-order valence-electron chi connectivity index (χ0n) is 20.7. The minimum Gasteiger partial charge on any atom is -0.463 e. The Morgan fingerprint density at radius 3 is 2.66 bits per heavy atom. The van der Waals surface area contributed by atoms with Gasteiger partial charge in [0.2, 0.25) is 0 Å². The van der Waals surface area contributed by atoms with E-state index in [1.807, 2.05) is 0 Å². The van der Waals surface area contributed by atoms with Crippen LogP contribution in [0.2, 0.25) is 0 Å². The molecule has 3 aliphatic rings. The standard InChI is InChI=1S/C29H41NO2/c1-20(2)22-9-13-25-23(19-22)10-14-26-28(25,4)15-6-16-29(26,5)27(31)32-18-17-30-24-11-7-21(3)8-12-24/h7-8,10-12,19-20,25-26,30H,6,9,13-18H2,1-5H3/t25-,26+,28+,29+/m0/s1. The topological polar surface area (TPSA) is 38.3 Å². The number of ether oxygens (including phenoxy) is 1. The molecule has 3 aliphatic carbocycles. The van der Waals surface area contributed by atoms with E-state index >= 15 is 0 Å². The molecule has 1 fully saturated rings. The van der Waals surface area contributed by atoms with Gasteiger partial charge in [0.1, 0.15) is 6.61 Å². The lowest BCUT2D eigenvalue weighted by Crippen LogP contribution is -2.53. The quantitative estimate of drug-likeness (QED) is 0.383. The molecule has 1 aromatic rings. The molecule has 32 heavy (non-hydrogen) atoms. The van der Waals surface area contributed by atoms with E-state index in [0.717, 1.165) is 24.9 Å². The van der Waals surface area contributed by atoms with Gasteiger partial charge in [0, 0.05) is 12.2 Å². The number of allylic oxidation sites excluding steroid dienone is 4. The van der Waals surface area contributed by atoms with E-state index in [0.29, 0.717) is 30.9 Å². The van der Waals surface area contributed by atoms with Gasteiger partial charge in [-0.25, -0.2) is 0 Å². The molecule has 174 valence electrons. The summed E-state index contributed by atoms with van der Waals surface area (Å²) in [6.45, 7) is 12.4. The van der Waals surface area contributed by atoms with Crippen LogP contribution in [0.3, 0.4) is 0 Å². The Balaban J connectivity index is 1.43. The van der Waals surface area contributed by atoms with Crippen LogP contribution in [0.25, 0.3) is 0 Å². The second kappa shape index (κ2) is 9.08. The molecule has 3 heteroatoms. The molecule has 0 aromatic heterocycles. The van der Waals surface area contributed by atoms with E-state index in [2.05, 4.69) is 76.4 Å². The van der Waals surface area contributed by atoms with Crippen molar-refractivity contribution < 1.29 is 9.53 Å². The van der Waals surface area contributed by atoms with Gasteiger partial charge in [-0.3, -0.25) is 4.79 Å². The van der Waals surface area contributed by atoms with Crippen molar-refractivity contribution in [1.29, 1.82) is 0 Å². The number of hydrogen-bond acceptors (Lipinski definition) is 3. The molecule has 0 unspecified atom stereocenters. The molecule has 0 spiro atoms. The first kappa shape index (κ1) is 23.1. The molecule has 1 saturated carbocycles. The Morgan fingerprint density at radius 1 is 1.19 bits per heavy atom. The number of rotatable bonds is 6. The van der Waals surface area contributed by atoms with E-state index in [1.165, 1.54) is 24.8 Å². The van der Waals surface area contributed by atoms with E-state index in [9.17, 15) is 4.79 Å². The molecule has 4 atom stereocenters. The molecule has 3 nitrogen and oxygen atoms in total. The summed E-state index contributed by atoms with van der Waals surface area (Å²) in [5, 5.41) is 3.36. The zero-order valence-corrected chi connectivity index (χ0v) is 20.7. The highest BCUT2D eigenvalue weighted by Gasteiger charge is 2.57. The molecular weight excluding hydrogens is 394 g/mol. The summed E-state index contributed by atoms with van der Waals surface area (Å²) in [6.07, 6.45) is 11.7. The van der Waals surface area contributed by atoms with Crippen LogP contribution < -0.4 is 5.32 Å². The second-order valence-corrected chi connectivity index (χ2v) is 11.2. The van der Waals surface area contributed by atoms with E-state index in [1.54, 1.807) is 11.1 Å². The van der Waals surface area contributed by atoms with Crippen LogP contribution in [0.15, 0.2) is 47.6 Å². The Hall–Kier alpha value is -2.03. The van der Waals surface area contributed by atoms with Crippen LogP contribution in [0.4, 0.5) is 5.69 Å². The first-order valence-electron chi connectivity index (χ1n) is 12.6. The molecule has 0 heterocycles. The molecule has 0 amide bonds. The van der Waals surface area contributed by atoms with E-state index < -0.39 is 0 Å². The maximum Gasteiger partial charge on any atom is 0.312 e. The molecular formula is C29H41NO2. The lowest BCUT2D eigenvalue weighted by molar-refractivity contribution is -0.169. The van der Waals surface area contributed by atoms with Crippen molar-refractivity contribution in [3.63, 3.8) is 0 Å². The third-order valence-electron chi connectivity index (χ3n) is 8.76. The lowest BCUT2D eigenvalue weighted by Gasteiger charge is -2.57. The van der Waals surface area contributed by atoms with Gasteiger partial charge >= 0.3 is 5.97 Å². The van der Waals surface area contributed by atoms with Crippen LogP contribution >= 0.6 is 0 Å². The third-order valence-corrected chi connectivity index (χ3v) is 8.76. The monoisotopic (exact) mass is 435 g/mol. The fourth-order valence-corrected chi connectivity index (χ4v) is 6.76. The van der Waals surface area contributed by atoms with Crippen molar-refractivity contribution in [2.75, 3.05) is 18.5 Å². The number of aryl methyl sites for hydroxylation is 1. The second-order valence-electron chi connectivity index (χ2n) is 11.2. The highest BCUT2D eigenvalue weighted by Crippen LogP contribution is 2.62. The fraction of sp³-hybridized carbons (Fsp3) is 0.621. The normalized spacial score (nSPS) is 31.8. The lowest BCUT2D eigenvalue weighted by atomic mass is 9.47.